The molecule has 0 aliphatic carbocycles. The molecule has 0 saturated heterocycles. The van der Waals surface area contributed by atoms with Crippen LogP contribution in [0.2, 0.25) is 20.1 Å². The highest BCUT2D eigenvalue weighted by Gasteiger charge is 2.33. The van der Waals surface area contributed by atoms with Crippen LogP contribution in [-0.4, -0.2) is 50.5 Å². The fourth-order valence-electron chi connectivity index (χ4n) is 4.19. The summed E-state index contributed by atoms with van der Waals surface area (Å²) in [6, 6.07) is 17.4. The van der Waals surface area contributed by atoms with Gasteiger partial charge in [0.15, 0.2) is 0 Å². The van der Waals surface area contributed by atoms with Crippen molar-refractivity contribution in [3.05, 3.63) is 97.9 Å². The molecule has 3 rings (SSSR count). The molecule has 220 valence electrons. The summed E-state index contributed by atoms with van der Waals surface area (Å²) < 4.78 is 26.7. The molecule has 41 heavy (non-hydrogen) atoms. The van der Waals surface area contributed by atoms with Gasteiger partial charge in [0.2, 0.25) is 21.8 Å². The Morgan fingerprint density at radius 2 is 1.56 bits per heavy atom. The fraction of sp³-hybridized carbons (Fsp3) is 0.310. The summed E-state index contributed by atoms with van der Waals surface area (Å²) in [4.78, 5) is 29.1. The number of benzene rings is 3. The highest BCUT2D eigenvalue weighted by Crippen LogP contribution is 2.28. The molecule has 3 aromatic carbocycles. The summed E-state index contributed by atoms with van der Waals surface area (Å²) >= 11 is 24.9. The average molecular weight is 659 g/mol. The van der Waals surface area contributed by atoms with Gasteiger partial charge in [-0.2, -0.15) is 0 Å². The lowest BCUT2D eigenvalue weighted by molar-refractivity contribution is -0.140. The Labute approximate surface area is 261 Å². The van der Waals surface area contributed by atoms with Gasteiger partial charge < -0.3 is 10.2 Å². The van der Waals surface area contributed by atoms with Crippen LogP contribution in [0.15, 0.2) is 66.7 Å². The predicted octanol–water partition coefficient (Wildman–Crippen LogP) is 6.62. The number of hydrogen-bond acceptors (Lipinski definition) is 4. The second-order valence-corrected chi connectivity index (χ2v) is 13.1. The Hall–Kier alpha value is -2.49. The minimum atomic E-state index is -3.96. The molecule has 2 amide bonds. The number of amides is 2. The maximum atomic E-state index is 14.1. The van der Waals surface area contributed by atoms with Gasteiger partial charge in [-0.05, 0) is 47.9 Å². The molecule has 0 heterocycles. The second kappa shape index (κ2) is 15.1. The van der Waals surface area contributed by atoms with Crippen molar-refractivity contribution < 1.29 is 18.0 Å². The first kappa shape index (κ1) is 33.0. The number of unbranched alkanes of at least 4 members (excludes halogenated alkanes) is 1. The van der Waals surface area contributed by atoms with Crippen LogP contribution >= 0.6 is 46.4 Å². The van der Waals surface area contributed by atoms with E-state index >= 15 is 0 Å². The number of nitrogens with zero attached hydrogens (tertiary/aromatic N) is 2. The van der Waals surface area contributed by atoms with E-state index in [2.05, 4.69) is 5.32 Å². The lowest BCUT2D eigenvalue weighted by Gasteiger charge is -2.33. The minimum absolute atomic E-state index is 0.0680. The number of halogens is 4. The van der Waals surface area contributed by atoms with E-state index in [1.807, 2.05) is 37.3 Å². The van der Waals surface area contributed by atoms with E-state index in [4.69, 9.17) is 46.4 Å². The second-order valence-electron chi connectivity index (χ2n) is 9.50. The number of hydrogen-bond donors (Lipinski definition) is 1. The molecule has 7 nitrogen and oxygen atoms in total. The van der Waals surface area contributed by atoms with Crippen molar-refractivity contribution in [2.45, 2.75) is 38.8 Å². The van der Waals surface area contributed by atoms with Crippen molar-refractivity contribution in [2.24, 2.45) is 0 Å². The third-order valence-corrected chi connectivity index (χ3v) is 8.43. The van der Waals surface area contributed by atoms with Crippen LogP contribution < -0.4 is 9.62 Å². The van der Waals surface area contributed by atoms with Crippen molar-refractivity contribution in [3.63, 3.8) is 0 Å². The molecule has 0 fully saturated rings. The van der Waals surface area contributed by atoms with Gasteiger partial charge in [-0.25, -0.2) is 8.42 Å². The van der Waals surface area contributed by atoms with Crippen molar-refractivity contribution in [2.75, 3.05) is 23.7 Å². The Bertz CT molecular complexity index is 1450. The maximum Gasteiger partial charge on any atom is 0.244 e. The van der Waals surface area contributed by atoms with Gasteiger partial charge in [0, 0.05) is 39.6 Å². The molecule has 0 bridgehead atoms. The smallest absolute Gasteiger partial charge is 0.244 e. The monoisotopic (exact) mass is 657 g/mol. The third-order valence-electron chi connectivity index (χ3n) is 6.27. The van der Waals surface area contributed by atoms with Crippen molar-refractivity contribution in [1.82, 2.24) is 10.2 Å². The fourth-order valence-corrected chi connectivity index (χ4v) is 6.01. The molecule has 12 heteroatoms. The summed E-state index contributed by atoms with van der Waals surface area (Å²) in [7, 11) is -3.96. The zero-order valence-electron chi connectivity index (χ0n) is 22.6. The van der Waals surface area contributed by atoms with Gasteiger partial charge in [-0.15, -0.1) is 0 Å². The molecule has 0 aliphatic heterocycles. The first-order chi connectivity index (χ1) is 19.4. The zero-order valence-corrected chi connectivity index (χ0v) is 26.5. The summed E-state index contributed by atoms with van der Waals surface area (Å²) in [6.07, 6.45) is 2.81. The third kappa shape index (κ3) is 9.79. The van der Waals surface area contributed by atoms with Crippen LogP contribution in [0.1, 0.15) is 30.9 Å². The largest absolute Gasteiger partial charge is 0.354 e. The van der Waals surface area contributed by atoms with Crippen molar-refractivity contribution in [1.29, 1.82) is 0 Å². The Morgan fingerprint density at radius 3 is 2.15 bits per heavy atom. The quantitative estimate of drug-likeness (QED) is 0.209. The Kier molecular flexibility index (Phi) is 12.2. The maximum absolute atomic E-state index is 14.1. The number of carbonyl (C=O) groups is 2. The van der Waals surface area contributed by atoms with Crippen molar-refractivity contribution >= 4 is 73.9 Å². The molecule has 0 radical (unpaired) electrons. The number of sulfonamides is 1. The molecule has 1 N–H and O–H groups in total. The van der Waals surface area contributed by atoms with Gasteiger partial charge in [0.25, 0.3) is 0 Å². The molecule has 1 atom stereocenters. The number of rotatable bonds is 13. The normalized spacial score (nSPS) is 12.0. The standard InChI is InChI=1S/C29H31Cl4N3O4S/c1-3-4-12-34-29(38)27(13-20-8-6-5-7-9-20)35(18-21-10-11-22(30)17-26(21)33)28(37)19-36(41(2,39)40)25-15-23(31)14-24(32)16-25/h5-11,14-17,27H,3-4,12-13,18-19H2,1-2H3,(H,34,38)/t27-/m1/s1. The SMILES string of the molecule is CCCCNC(=O)[C@@H](Cc1ccccc1)N(Cc1ccc(Cl)cc1Cl)C(=O)CN(c1cc(Cl)cc(Cl)c1)S(C)(=O)=O. The molecule has 0 aromatic heterocycles. The first-order valence-corrected chi connectivity index (χ1v) is 16.2. The van der Waals surface area contributed by atoms with Gasteiger partial charge in [-0.1, -0.05) is 96.1 Å². The lowest BCUT2D eigenvalue weighted by Crippen LogP contribution is -2.53. The van der Waals surface area contributed by atoms with Crippen LogP contribution in [0, 0.1) is 0 Å². The molecule has 0 spiro atoms. The van der Waals surface area contributed by atoms with Crippen LogP contribution in [0.25, 0.3) is 0 Å². The summed E-state index contributed by atoms with van der Waals surface area (Å²) in [5.41, 5.74) is 1.49. The molecule has 0 saturated carbocycles. The summed E-state index contributed by atoms with van der Waals surface area (Å²) in [5, 5.41) is 4.05. The van der Waals surface area contributed by atoms with Crippen LogP contribution in [0.4, 0.5) is 5.69 Å². The van der Waals surface area contributed by atoms with Gasteiger partial charge in [0.1, 0.15) is 12.6 Å². The first-order valence-electron chi connectivity index (χ1n) is 12.9. The summed E-state index contributed by atoms with van der Waals surface area (Å²) in [6.45, 7) is 1.77. The van der Waals surface area contributed by atoms with E-state index in [1.54, 1.807) is 18.2 Å². The molecule has 0 unspecified atom stereocenters. The topological polar surface area (TPSA) is 86.8 Å². The summed E-state index contributed by atoms with van der Waals surface area (Å²) in [5.74, 6) is -0.985. The number of carbonyl (C=O) groups excluding carboxylic acids is 2. The van der Waals surface area contributed by atoms with Crippen LogP contribution in [0.5, 0.6) is 0 Å². The lowest BCUT2D eigenvalue weighted by atomic mass is 10.0. The van der Waals surface area contributed by atoms with E-state index in [-0.39, 0.29) is 34.6 Å². The van der Waals surface area contributed by atoms with Crippen molar-refractivity contribution in [3.8, 4) is 0 Å². The van der Waals surface area contributed by atoms with Crippen LogP contribution in [-0.2, 0) is 32.6 Å². The van der Waals surface area contributed by atoms with E-state index in [9.17, 15) is 18.0 Å². The molecular formula is C29H31Cl4N3O4S. The highest BCUT2D eigenvalue weighted by molar-refractivity contribution is 7.92. The highest BCUT2D eigenvalue weighted by atomic mass is 35.5. The Balaban J connectivity index is 2.08. The molecule has 0 aliphatic rings. The predicted molar refractivity (Wildman–Crippen MR) is 168 cm³/mol. The van der Waals surface area contributed by atoms with E-state index < -0.39 is 28.5 Å². The van der Waals surface area contributed by atoms with E-state index in [1.165, 1.54) is 23.1 Å². The number of anilines is 1. The average Bonchev–Trinajstić information content (AvgIpc) is 2.89. The molecule has 3 aromatic rings. The van der Waals surface area contributed by atoms with Gasteiger partial charge in [0.05, 0.1) is 11.9 Å². The zero-order chi connectivity index (χ0) is 30.2. The van der Waals surface area contributed by atoms with E-state index in [0.717, 1.165) is 29.0 Å². The van der Waals surface area contributed by atoms with Gasteiger partial charge in [-0.3, -0.25) is 13.9 Å². The van der Waals surface area contributed by atoms with E-state index in [0.29, 0.717) is 22.2 Å². The minimum Gasteiger partial charge on any atom is -0.354 e. The molecular weight excluding hydrogens is 628 g/mol. The van der Waals surface area contributed by atoms with Gasteiger partial charge >= 0.3 is 0 Å². The van der Waals surface area contributed by atoms with Crippen LogP contribution in [0.3, 0.4) is 0 Å². The Morgan fingerprint density at radius 1 is 0.902 bits per heavy atom. The number of nitrogens with one attached hydrogen (secondary N) is 1.